The van der Waals surface area contributed by atoms with Gasteiger partial charge in [0.1, 0.15) is 5.75 Å². The van der Waals surface area contributed by atoms with Crippen LogP contribution in [0.1, 0.15) is 62.9 Å². The van der Waals surface area contributed by atoms with Crippen molar-refractivity contribution < 1.29 is 28.9 Å². The van der Waals surface area contributed by atoms with Crippen LogP contribution in [-0.2, 0) is 37.1 Å². The third-order valence-electron chi connectivity index (χ3n) is 12.7. The Balaban J connectivity index is 1.08. The maximum atomic E-state index is 15.3. The highest BCUT2D eigenvalue weighted by Crippen LogP contribution is 2.43. The van der Waals surface area contributed by atoms with Crippen LogP contribution in [0.4, 0.5) is 17.1 Å². The monoisotopic (exact) mass is 779 g/mol. The van der Waals surface area contributed by atoms with Crippen molar-refractivity contribution in [1.29, 1.82) is 0 Å². The van der Waals surface area contributed by atoms with Crippen molar-refractivity contribution in [2.75, 3.05) is 62.5 Å². The van der Waals surface area contributed by atoms with Crippen LogP contribution >= 0.6 is 0 Å². The second-order valence-electron chi connectivity index (χ2n) is 16.0. The first kappa shape index (κ1) is 36.6. The van der Waals surface area contributed by atoms with Crippen LogP contribution in [0.25, 0.3) is 11.3 Å². The molecule has 0 bridgehead atoms. The first-order valence-electron chi connectivity index (χ1n) is 20.8. The Kier molecular flexibility index (Phi) is 9.57. The van der Waals surface area contributed by atoms with Crippen molar-refractivity contribution in [2.24, 2.45) is 0 Å². The van der Waals surface area contributed by atoms with Crippen molar-refractivity contribution in [3.05, 3.63) is 118 Å². The van der Waals surface area contributed by atoms with Crippen LogP contribution in [-0.4, -0.2) is 90.1 Å². The van der Waals surface area contributed by atoms with E-state index in [0.717, 1.165) is 105 Å². The minimum atomic E-state index is -0.157. The topological polar surface area (TPSA) is 100.0 Å². The minimum Gasteiger partial charge on any atom is -0.508 e. The van der Waals surface area contributed by atoms with Crippen molar-refractivity contribution in [1.82, 2.24) is 14.4 Å². The van der Waals surface area contributed by atoms with Crippen LogP contribution < -0.4 is 19.3 Å². The van der Waals surface area contributed by atoms with E-state index < -0.39 is 0 Å². The van der Waals surface area contributed by atoms with Crippen LogP contribution in [0, 0.1) is 0 Å². The fourth-order valence-electron chi connectivity index (χ4n) is 9.65. The Labute approximate surface area is 338 Å². The number of hydrogen-bond acceptors (Lipinski definition) is 8. The number of hydrogen-bond donors (Lipinski definition) is 1. The number of likely N-dealkylation sites (N-methyl/N-ethyl adjacent to an activating group) is 1. The summed E-state index contributed by atoms with van der Waals surface area (Å²) in [5.41, 5.74) is 9.93. The highest BCUT2D eigenvalue weighted by molar-refractivity contribution is 6.13. The largest absolute Gasteiger partial charge is 0.508 e. The number of carbonyl (C=O) groups is 2. The summed E-state index contributed by atoms with van der Waals surface area (Å²) in [6.07, 6.45) is 4.39. The average molecular weight is 780 g/mol. The van der Waals surface area contributed by atoms with Gasteiger partial charge in [-0.05, 0) is 110 Å². The Hall–Kier alpha value is -5.78. The van der Waals surface area contributed by atoms with Crippen molar-refractivity contribution in [3.8, 4) is 28.5 Å². The smallest absolute Gasteiger partial charge is 0.264 e. The molecule has 0 aliphatic carbocycles. The lowest BCUT2D eigenvalue weighted by atomic mass is 9.92. The Morgan fingerprint density at radius 2 is 1.57 bits per heavy atom. The highest BCUT2D eigenvalue weighted by atomic mass is 16.7. The van der Waals surface area contributed by atoms with E-state index in [1.165, 1.54) is 11.1 Å². The van der Waals surface area contributed by atoms with Gasteiger partial charge >= 0.3 is 0 Å². The second-order valence-corrected chi connectivity index (χ2v) is 16.0. The number of phenolic OH excluding ortho intramolecular Hbond substituents is 1. The summed E-state index contributed by atoms with van der Waals surface area (Å²) in [4.78, 5) is 39.2. The van der Waals surface area contributed by atoms with Crippen molar-refractivity contribution in [2.45, 2.75) is 58.2 Å². The number of phenols is 1. The molecule has 0 radical (unpaired) electrons. The van der Waals surface area contributed by atoms with Gasteiger partial charge in [-0.15, -0.1) is 0 Å². The number of fused-ring (bicyclic) bond motifs is 4. The number of carbonyl (C=O) groups excluding carboxylic acids is 2. The lowest BCUT2D eigenvalue weighted by Crippen LogP contribution is -2.52. The van der Waals surface area contributed by atoms with Crippen molar-refractivity contribution >= 4 is 28.9 Å². The molecule has 1 fully saturated rings. The van der Waals surface area contributed by atoms with Crippen molar-refractivity contribution in [3.63, 3.8) is 0 Å². The molecule has 11 nitrogen and oxygen atoms in total. The summed E-state index contributed by atoms with van der Waals surface area (Å²) >= 11 is 0. The lowest BCUT2D eigenvalue weighted by Gasteiger charge is -2.40. The Morgan fingerprint density at radius 1 is 0.793 bits per heavy atom. The van der Waals surface area contributed by atoms with Crippen LogP contribution in [0.5, 0.6) is 17.2 Å². The van der Waals surface area contributed by atoms with Gasteiger partial charge in [-0.25, -0.2) is 0 Å². The predicted octanol–water partition coefficient (Wildman–Crippen LogP) is 7.19. The molecule has 5 aromatic rings. The third-order valence-corrected chi connectivity index (χ3v) is 12.7. The molecule has 1 saturated heterocycles. The molecule has 58 heavy (non-hydrogen) atoms. The average Bonchev–Trinajstić information content (AvgIpc) is 4.01. The van der Waals surface area contributed by atoms with E-state index in [9.17, 15) is 5.11 Å². The standard InChI is InChI=1S/C47H49N5O6/c1-2-49-18-16-31-10-11-35(24-42(31)49)52(34-12-14-37(53)15-13-34)47(55)40-25-43(50-17-6-5-9-41(40)50)38-26-44-45(58-30-57-44)27-39(38)46(54)51-28-33-8-4-3-7-32(33)23-36(51)29-48-19-21-56-22-20-48/h3-4,7-8,10-15,24-27,36,53H,2,5-6,9,16-23,28-30H2,1H3/t36-/m0/s1. The molecule has 2 amide bonds. The van der Waals surface area contributed by atoms with E-state index in [1.54, 1.807) is 29.2 Å². The number of nitrogens with zero attached hydrogens (tertiary/aromatic N) is 5. The summed E-state index contributed by atoms with van der Waals surface area (Å²) in [7, 11) is 0. The van der Waals surface area contributed by atoms with E-state index in [0.29, 0.717) is 48.1 Å². The molecular weight excluding hydrogens is 731 g/mol. The second kappa shape index (κ2) is 15.2. The van der Waals surface area contributed by atoms with Gasteiger partial charge in [0.2, 0.25) is 6.79 Å². The first-order valence-corrected chi connectivity index (χ1v) is 20.8. The van der Waals surface area contributed by atoms with Crippen LogP contribution in [0.15, 0.2) is 84.9 Å². The third kappa shape index (κ3) is 6.56. The van der Waals surface area contributed by atoms with E-state index in [2.05, 4.69) is 51.6 Å². The minimum absolute atomic E-state index is 0.0352. The normalized spacial score (nSPS) is 18.5. The van der Waals surface area contributed by atoms with Crippen LogP contribution in [0.2, 0.25) is 0 Å². The molecule has 0 saturated carbocycles. The van der Waals surface area contributed by atoms with Crippen LogP contribution in [0.3, 0.4) is 0 Å². The molecular formula is C47H49N5O6. The predicted molar refractivity (Wildman–Crippen MR) is 223 cm³/mol. The van der Waals surface area contributed by atoms with E-state index in [-0.39, 0.29) is 30.4 Å². The fourth-order valence-corrected chi connectivity index (χ4v) is 9.65. The van der Waals surface area contributed by atoms with Gasteiger partial charge < -0.3 is 33.7 Å². The molecule has 5 aliphatic heterocycles. The molecule has 5 aliphatic rings. The van der Waals surface area contributed by atoms with Gasteiger partial charge in [0.25, 0.3) is 11.8 Å². The summed E-state index contributed by atoms with van der Waals surface area (Å²) in [5, 5.41) is 10.3. The first-order chi connectivity index (χ1) is 28.4. The number of amides is 2. The SMILES string of the molecule is CCN1CCc2ccc(N(C(=O)c3cc(-c4cc5c(cc4C(=O)N4Cc6ccccc6C[C@H]4CN4CCOCC4)OCO5)n4c3CCCC4)c3ccc(O)cc3)cc21. The molecule has 6 heterocycles. The van der Waals surface area contributed by atoms with Gasteiger partial charge in [0.15, 0.2) is 11.5 Å². The van der Waals surface area contributed by atoms with Gasteiger partial charge in [-0.1, -0.05) is 30.3 Å². The number of rotatable bonds is 8. The number of ether oxygens (including phenoxy) is 3. The van der Waals surface area contributed by atoms with E-state index in [1.807, 2.05) is 35.2 Å². The number of aromatic hydroxyl groups is 1. The maximum absolute atomic E-state index is 15.3. The lowest BCUT2D eigenvalue weighted by molar-refractivity contribution is 0.0193. The van der Waals surface area contributed by atoms with Gasteiger partial charge in [0, 0.05) is 80.2 Å². The molecule has 1 N–H and O–H groups in total. The highest BCUT2D eigenvalue weighted by Gasteiger charge is 2.36. The van der Waals surface area contributed by atoms with E-state index >= 15 is 9.59 Å². The zero-order valence-corrected chi connectivity index (χ0v) is 33.0. The zero-order valence-electron chi connectivity index (χ0n) is 33.0. The summed E-state index contributed by atoms with van der Waals surface area (Å²) in [6, 6.07) is 27.3. The molecule has 1 atom stereocenters. The number of aromatic nitrogens is 1. The fraction of sp³-hybridized carbons (Fsp3) is 0.362. The number of benzene rings is 4. The zero-order chi connectivity index (χ0) is 39.3. The maximum Gasteiger partial charge on any atom is 0.264 e. The van der Waals surface area contributed by atoms with E-state index in [4.69, 9.17) is 14.2 Å². The number of anilines is 3. The summed E-state index contributed by atoms with van der Waals surface area (Å²) in [5.74, 6) is 1.05. The molecule has 10 rings (SSSR count). The van der Waals surface area contributed by atoms with Gasteiger partial charge in [-0.2, -0.15) is 0 Å². The summed E-state index contributed by atoms with van der Waals surface area (Å²) in [6.45, 7) is 9.12. The Morgan fingerprint density at radius 3 is 2.38 bits per heavy atom. The van der Waals surface area contributed by atoms with Gasteiger partial charge in [0.05, 0.1) is 30.0 Å². The molecule has 4 aromatic carbocycles. The summed E-state index contributed by atoms with van der Waals surface area (Å²) < 4.78 is 19.8. The molecule has 0 spiro atoms. The quantitative estimate of drug-likeness (QED) is 0.177. The Bertz CT molecular complexity index is 2380. The molecule has 1 aromatic heterocycles. The molecule has 11 heteroatoms. The molecule has 298 valence electrons. The molecule has 0 unspecified atom stereocenters. The van der Waals surface area contributed by atoms with Gasteiger partial charge in [-0.3, -0.25) is 19.4 Å². The number of morpholine rings is 1.